The second-order valence-corrected chi connectivity index (χ2v) is 4.51. The maximum atomic E-state index is 5.17. The first kappa shape index (κ1) is 11.3. The summed E-state index contributed by atoms with van der Waals surface area (Å²) in [5.41, 5.74) is 1.28. The summed E-state index contributed by atoms with van der Waals surface area (Å²) in [5, 5.41) is 3.49. The molecule has 0 saturated carbocycles. The summed E-state index contributed by atoms with van der Waals surface area (Å²) in [6, 6.07) is 9.41. The average molecular weight is 220 g/mol. The van der Waals surface area contributed by atoms with Crippen LogP contribution in [-0.4, -0.2) is 32.3 Å². The molecule has 1 heterocycles. The van der Waals surface area contributed by atoms with Gasteiger partial charge in [-0.25, -0.2) is 0 Å². The van der Waals surface area contributed by atoms with Crippen LogP contribution in [0.15, 0.2) is 24.3 Å². The highest BCUT2D eigenvalue weighted by molar-refractivity contribution is 5.50. The lowest BCUT2D eigenvalue weighted by molar-refractivity contribution is 0.413. The molecule has 1 saturated heterocycles. The zero-order valence-corrected chi connectivity index (χ0v) is 10.2. The number of nitrogens with zero attached hydrogens (tertiary/aromatic N) is 1. The van der Waals surface area contributed by atoms with Crippen molar-refractivity contribution >= 4 is 5.69 Å². The van der Waals surface area contributed by atoms with E-state index in [9.17, 15) is 0 Å². The van der Waals surface area contributed by atoms with Crippen molar-refractivity contribution in [2.24, 2.45) is 0 Å². The quantitative estimate of drug-likeness (QED) is 0.823. The molecule has 1 N–H and O–H groups in total. The monoisotopic (exact) mass is 220 g/mol. The van der Waals surface area contributed by atoms with Crippen molar-refractivity contribution in [1.82, 2.24) is 5.32 Å². The smallest absolute Gasteiger partial charge is 0.119 e. The van der Waals surface area contributed by atoms with Gasteiger partial charge in [-0.15, -0.1) is 0 Å². The Labute approximate surface area is 97.4 Å². The molecule has 2 rings (SSSR count). The van der Waals surface area contributed by atoms with Gasteiger partial charge in [-0.05, 0) is 38.1 Å². The molecule has 0 bridgehead atoms. The van der Waals surface area contributed by atoms with Crippen molar-refractivity contribution in [2.75, 3.05) is 25.1 Å². The molecule has 88 valence electrons. The van der Waals surface area contributed by atoms with Crippen molar-refractivity contribution in [2.45, 2.75) is 25.9 Å². The van der Waals surface area contributed by atoms with Crippen LogP contribution < -0.4 is 15.0 Å². The molecule has 1 aromatic rings. The minimum absolute atomic E-state index is 0.546. The Kier molecular flexibility index (Phi) is 3.34. The zero-order chi connectivity index (χ0) is 11.5. The molecule has 2 atom stereocenters. The number of ether oxygens (including phenoxy) is 1. The van der Waals surface area contributed by atoms with Crippen molar-refractivity contribution in [1.29, 1.82) is 0 Å². The van der Waals surface area contributed by atoms with E-state index in [1.165, 1.54) is 5.69 Å². The predicted molar refractivity (Wildman–Crippen MR) is 67.3 cm³/mol. The van der Waals surface area contributed by atoms with Gasteiger partial charge in [0.2, 0.25) is 0 Å². The second-order valence-electron chi connectivity index (χ2n) is 4.51. The highest BCUT2D eigenvalue weighted by atomic mass is 16.5. The van der Waals surface area contributed by atoms with Gasteiger partial charge in [0.05, 0.1) is 7.11 Å². The molecule has 3 heteroatoms. The normalized spacial score (nSPS) is 25.6. The SMILES string of the molecule is COc1ccc(N2C[C@@H](C)NC[C@@H]2C)cc1. The number of piperazine rings is 1. The van der Waals surface area contributed by atoms with Crippen LogP contribution in [0.3, 0.4) is 0 Å². The lowest BCUT2D eigenvalue weighted by Gasteiger charge is -2.39. The molecule has 0 spiro atoms. The van der Waals surface area contributed by atoms with Crippen LogP contribution in [0.2, 0.25) is 0 Å². The Morgan fingerprint density at radius 3 is 2.56 bits per heavy atom. The largest absolute Gasteiger partial charge is 0.497 e. The summed E-state index contributed by atoms with van der Waals surface area (Å²) in [7, 11) is 1.70. The number of rotatable bonds is 2. The number of nitrogens with one attached hydrogen (secondary N) is 1. The van der Waals surface area contributed by atoms with Crippen LogP contribution in [0.1, 0.15) is 13.8 Å². The maximum Gasteiger partial charge on any atom is 0.119 e. The molecular weight excluding hydrogens is 200 g/mol. The topological polar surface area (TPSA) is 24.5 Å². The van der Waals surface area contributed by atoms with Gasteiger partial charge in [0.25, 0.3) is 0 Å². The summed E-state index contributed by atoms with van der Waals surface area (Å²) in [4.78, 5) is 2.45. The van der Waals surface area contributed by atoms with E-state index in [4.69, 9.17) is 4.74 Å². The van der Waals surface area contributed by atoms with E-state index >= 15 is 0 Å². The van der Waals surface area contributed by atoms with E-state index in [0.29, 0.717) is 12.1 Å². The van der Waals surface area contributed by atoms with Gasteiger partial charge >= 0.3 is 0 Å². The third-order valence-corrected chi connectivity index (χ3v) is 3.17. The molecule has 0 unspecified atom stereocenters. The fourth-order valence-electron chi connectivity index (χ4n) is 2.16. The van der Waals surface area contributed by atoms with Gasteiger partial charge in [0.15, 0.2) is 0 Å². The van der Waals surface area contributed by atoms with Crippen LogP contribution in [0, 0.1) is 0 Å². The second kappa shape index (κ2) is 4.74. The highest BCUT2D eigenvalue weighted by Crippen LogP contribution is 2.22. The van der Waals surface area contributed by atoms with E-state index < -0.39 is 0 Å². The summed E-state index contributed by atoms with van der Waals surface area (Å²) < 4.78 is 5.17. The number of hydrogen-bond acceptors (Lipinski definition) is 3. The van der Waals surface area contributed by atoms with Crippen molar-refractivity contribution in [3.05, 3.63) is 24.3 Å². The molecule has 1 aliphatic rings. The lowest BCUT2D eigenvalue weighted by Crippen LogP contribution is -2.54. The van der Waals surface area contributed by atoms with Crippen LogP contribution in [0.5, 0.6) is 5.75 Å². The van der Waals surface area contributed by atoms with Crippen LogP contribution >= 0.6 is 0 Å². The first-order chi connectivity index (χ1) is 7.70. The molecule has 1 fully saturated rings. The highest BCUT2D eigenvalue weighted by Gasteiger charge is 2.22. The first-order valence-corrected chi connectivity index (χ1v) is 5.85. The Bertz CT molecular complexity index is 336. The number of benzene rings is 1. The molecular formula is C13H20N2O. The van der Waals surface area contributed by atoms with Gasteiger partial charge in [-0.1, -0.05) is 0 Å². The summed E-state index contributed by atoms with van der Waals surface area (Å²) in [5.74, 6) is 0.916. The average Bonchev–Trinajstić information content (AvgIpc) is 2.32. The number of hydrogen-bond donors (Lipinski definition) is 1. The third-order valence-electron chi connectivity index (χ3n) is 3.17. The van der Waals surface area contributed by atoms with Crippen LogP contribution in [0.4, 0.5) is 5.69 Å². The zero-order valence-electron chi connectivity index (χ0n) is 10.2. The van der Waals surface area contributed by atoms with Crippen molar-refractivity contribution < 1.29 is 4.74 Å². The van der Waals surface area contributed by atoms with E-state index in [2.05, 4.69) is 36.2 Å². The third kappa shape index (κ3) is 2.30. The molecule has 0 amide bonds. The molecule has 0 aliphatic carbocycles. The maximum absolute atomic E-state index is 5.17. The van der Waals surface area contributed by atoms with Crippen molar-refractivity contribution in [3.63, 3.8) is 0 Å². The van der Waals surface area contributed by atoms with Crippen molar-refractivity contribution in [3.8, 4) is 5.75 Å². The minimum Gasteiger partial charge on any atom is -0.497 e. The van der Waals surface area contributed by atoms with E-state index in [1.807, 2.05) is 12.1 Å². The van der Waals surface area contributed by atoms with E-state index in [1.54, 1.807) is 7.11 Å². The number of methoxy groups -OCH3 is 1. The summed E-state index contributed by atoms with van der Waals surface area (Å²) in [6.45, 7) is 6.59. The fraction of sp³-hybridized carbons (Fsp3) is 0.538. The van der Waals surface area contributed by atoms with Crippen LogP contribution in [-0.2, 0) is 0 Å². The Morgan fingerprint density at radius 1 is 1.25 bits per heavy atom. The van der Waals surface area contributed by atoms with Gasteiger partial charge in [0.1, 0.15) is 5.75 Å². The first-order valence-electron chi connectivity index (χ1n) is 5.85. The standard InChI is InChI=1S/C13H20N2O/c1-10-9-15(11(2)8-14-10)12-4-6-13(16-3)7-5-12/h4-7,10-11,14H,8-9H2,1-3H3/t10-,11+/m1/s1. The Balaban J connectivity index is 2.15. The van der Waals surface area contributed by atoms with Gasteiger partial charge < -0.3 is 15.0 Å². The molecule has 1 aliphatic heterocycles. The fourth-order valence-corrected chi connectivity index (χ4v) is 2.16. The van der Waals surface area contributed by atoms with Gasteiger partial charge in [-0.3, -0.25) is 0 Å². The number of anilines is 1. The van der Waals surface area contributed by atoms with E-state index in [-0.39, 0.29) is 0 Å². The van der Waals surface area contributed by atoms with Crippen LogP contribution in [0.25, 0.3) is 0 Å². The minimum atomic E-state index is 0.546. The lowest BCUT2D eigenvalue weighted by atomic mass is 10.1. The summed E-state index contributed by atoms with van der Waals surface area (Å²) >= 11 is 0. The molecule has 3 nitrogen and oxygen atoms in total. The molecule has 16 heavy (non-hydrogen) atoms. The van der Waals surface area contributed by atoms with Gasteiger partial charge in [-0.2, -0.15) is 0 Å². The molecule has 0 radical (unpaired) electrons. The van der Waals surface area contributed by atoms with E-state index in [0.717, 1.165) is 18.8 Å². The predicted octanol–water partition coefficient (Wildman–Crippen LogP) is 1.88. The Morgan fingerprint density at radius 2 is 1.94 bits per heavy atom. The Hall–Kier alpha value is -1.22. The summed E-state index contributed by atoms with van der Waals surface area (Å²) in [6.07, 6.45) is 0. The molecule has 1 aromatic carbocycles. The molecule has 0 aromatic heterocycles. The van der Waals surface area contributed by atoms with Gasteiger partial charge in [0, 0.05) is 30.9 Å².